The standard InChI is InChI=1S/C11H12N6O2S/c1-2-9-12-13-10(19-9)7-20-11-14-15-16-17(11)6-8-4-3-5-18-8/h3-5H,2,6-7H2,1H3. The van der Waals surface area contributed by atoms with E-state index >= 15 is 0 Å². The van der Waals surface area contributed by atoms with Gasteiger partial charge in [-0.1, -0.05) is 18.7 Å². The van der Waals surface area contributed by atoms with Crippen molar-refractivity contribution in [3.8, 4) is 0 Å². The Morgan fingerprint density at radius 1 is 1.25 bits per heavy atom. The zero-order valence-corrected chi connectivity index (χ0v) is 11.6. The highest BCUT2D eigenvalue weighted by molar-refractivity contribution is 7.98. The average molecular weight is 292 g/mol. The maximum absolute atomic E-state index is 5.44. The third kappa shape index (κ3) is 2.87. The summed E-state index contributed by atoms with van der Waals surface area (Å²) in [7, 11) is 0. The van der Waals surface area contributed by atoms with E-state index < -0.39 is 0 Å². The van der Waals surface area contributed by atoms with E-state index in [1.807, 2.05) is 19.1 Å². The molecule has 0 fully saturated rings. The molecular formula is C11H12N6O2S. The minimum absolute atomic E-state index is 0.492. The van der Waals surface area contributed by atoms with Gasteiger partial charge in [0.05, 0.1) is 12.0 Å². The number of rotatable bonds is 6. The van der Waals surface area contributed by atoms with Crippen LogP contribution in [-0.2, 0) is 18.7 Å². The zero-order chi connectivity index (χ0) is 13.8. The van der Waals surface area contributed by atoms with Gasteiger partial charge in [0, 0.05) is 6.42 Å². The van der Waals surface area contributed by atoms with E-state index in [4.69, 9.17) is 8.83 Å². The number of tetrazole rings is 1. The Hall–Kier alpha value is -2.16. The van der Waals surface area contributed by atoms with Gasteiger partial charge in [-0.05, 0) is 22.6 Å². The Labute approximate surface area is 118 Å². The van der Waals surface area contributed by atoms with Crippen molar-refractivity contribution in [1.29, 1.82) is 0 Å². The number of furan rings is 1. The molecule has 0 atom stereocenters. The van der Waals surface area contributed by atoms with Gasteiger partial charge < -0.3 is 8.83 Å². The highest BCUT2D eigenvalue weighted by Crippen LogP contribution is 2.20. The SMILES string of the molecule is CCc1nnc(CSc2nnnn2Cc2ccco2)o1. The number of thioether (sulfide) groups is 1. The second-order valence-corrected chi connectivity index (χ2v) is 4.87. The van der Waals surface area contributed by atoms with Gasteiger partial charge in [0.15, 0.2) is 0 Å². The van der Waals surface area contributed by atoms with Crippen LogP contribution in [0.15, 0.2) is 32.4 Å². The summed E-state index contributed by atoms with van der Waals surface area (Å²) in [5.74, 6) is 2.53. The average Bonchev–Trinajstić information content (AvgIpc) is 3.19. The molecule has 20 heavy (non-hydrogen) atoms. The molecule has 0 spiro atoms. The number of hydrogen-bond donors (Lipinski definition) is 0. The maximum Gasteiger partial charge on any atom is 0.226 e. The molecule has 8 nitrogen and oxygen atoms in total. The summed E-state index contributed by atoms with van der Waals surface area (Å²) < 4.78 is 12.4. The molecule has 3 heterocycles. The first-order valence-electron chi connectivity index (χ1n) is 6.07. The minimum Gasteiger partial charge on any atom is -0.467 e. The molecule has 3 aromatic heterocycles. The van der Waals surface area contributed by atoms with Crippen LogP contribution in [0.25, 0.3) is 0 Å². The predicted molar refractivity (Wildman–Crippen MR) is 68.9 cm³/mol. The molecule has 0 saturated carbocycles. The molecule has 0 amide bonds. The smallest absolute Gasteiger partial charge is 0.226 e. The lowest BCUT2D eigenvalue weighted by Gasteiger charge is -2.00. The third-order valence-corrected chi connectivity index (χ3v) is 3.46. The quantitative estimate of drug-likeness (QED) is 0.631. The van der Waals surface area contributed by atoms with Crippen LogP contribution >= 0.6 is 11.8 Å². The molecular weight excluding hydrogens is 280 g/mol. The summed E-state index contributed by atoms with van der Waals surface area (Å²) in [4.78, 5) is 0. The van der Waals surface area contributed by atoms with Crippen LogP contribution in [0.3, 0.4) is 0 Å². The molecule has 3 rings (SSSR count). The van der Waals surface area contributed by atoms with Gasteiger partial charge in [0.25, 0.3) is 0 Å². The second kappa shape index (κ2) is 5.87. The molecule has 9 heteroatoms. The second-order valence-electron chi connectivity index (χ2n) is 3.93. The Morgan fingerprint density at radius 3 is 2.90 bits per heavy atom. The van der Waals surface area contributed by atoms with E-state index in [-0.39, 0.29) is 0 Å². The van der Waals surface area contributed by atoms with Crippen LogP contribution in [0.4, 0.5) is 0 Å². The summed E-state index contributed by atoms with van der Waals surface area (Å²) in [6, 6.07) is 3.71. The van der Waals surface area contributed by atoms with Crippen molar-refractivity contribution < 1.29 is 8.83 Å². The predicted octanol–water partition coefficient (Wildman–Crippen LogP) is 1.55. The van der Waals surface area contributed by atoms with Gasteiger partial charge in [0.1, 0.15) is 12.3 Å². The van der Waals surface area contributed by atoms with Crippen molar-refractivity contribution in [2.24, 2.45) is 0 Å². The normalized spacial score (nSPS) is 11.1. The van der Waals surface area contributed by atoms with Crippen molar-refractivity contribution >= 4 is 11.8 Å². The highest BCUT2D eigenvalue weighted by atomic mass is 32.2. The van der Waals surface area contributed by atoms with Gasteiger partial charge >= 0.3 is 0 Å². The van der Waals surface area contributed by atoms with Crippen LogP contribution in [0.2, 0.25) is 0 Å². The number of hydrogen-bond acceptors (Lipinski definition) is 8. The van der Waals surface area contributed by atoms with Crippen molar-refractivity contribution in [1.82, 2.24) is 30.4 Å². The molecule has 0 saturated heterocycles. The first kappa shape index (κ1) is 12.9. The number of nitrogens with zero attached hydrogens (tertiary/aromatic N) is 6. The molecule has 104 valence electrons. The molecule has 0 aliphatic rings. The van der Waals surface area contributed by atoms with E-state index in [1.165, 1.54) is 11.8 Å². The molecule has 0 radical (unpaired) electrons. The Balaban J connectivity index is 1.64. The van der Waals surface area contributed by atoms with Gasteiger partial charge in [0.2, 0.25) is 16.9 Å². The zero-order valence-electron chi connectivity index (χ0n) is 10.8. The lowest BCUT2D eigenvalue weighted by molar-refractivity contribution is 0.461. The van der Waals surface area contributed by atoms with Crippen molar-refractivity contribution in [2.75, 3.05) is 0 Å². The molecule has 3 aromatic rings. The van der Waals surface area contributed by atoms with Gasteiger partial charge in [-0.2, -0.15) is 0 Å². The van der Waals surface area contributed by atoms with Gasteiger partial charge in [-0.25, -0.2) is 4.68 Å². The van der Waals surface area contributed by atoms with E-state index in [0.717, 1.165) is 12.2 Å². The summed E-state index contributed by atoms with van der Waals surface area (Å²) in [5, 5.41) is 20.1. The van der Waals surface area contributed by atoms with Crippen LogP contribution in [0, 0.1) is 0 Å². The maximum atomic E-state index is 5.44. The minimum atomic E-state index is 0.492. The van der Waals surface area contributed by atoms with Crippen LogP contribution in [0.1, 0.15) is 24.5 Å². The van der Waals surface area contributed by atoms with Crippen LogP contribution < -0.4 is 0 Å². The number of aromatic nitrogens is 6. The fraction of sp³-hybridized carbons (Fsp3) is 0.364. The molecule has 0 aromatic carbocycles. The topological polar surface area (TPSA) is 95.7 Å². The Bertz CT molecular complexity index is 662. The monoisotopic (exact) mass is 292 g/mol. The first-order chi connectivity index (χ1) is 9.85. The highest BCUT2D eigenvalue weighted by Gasteiger charge is 2.11. The van der Waals surface area contributed by atoms with Crippen molar-refractivity contribution in [3.05, 3.63) is 35.9 Å². The van der Waals surface area contributed by atoms with Gasteiger partial charge in [-0.3, -0.25) is 0 Å². The fourth-order valence-electron chi connectivity index (χ4n) is 1.57. The van der Waals surface area contributed by atoms with Crippen LogP contribution in [0.5, 0.6) is 0 Å². The van der Waals surface area contributed by atoms with Gasteiger partial charge in [-0.15, -0.1) is 15.3 Å². The van der Waals surface area contributed by atoms with E-state index in [2.05, 4.69) is 25.7 Å². The largest absolute Gasteiger partial charge is 0.467 e. The Kier molecular flexibility index (Phi) is 3.77. The summed E-state index contributed by atoms with van der Waals surface area (Å²) >= 11 is 1.44. The van der Waals surface area contributed by atoms with Crippen LogP contribution in [-0.4, -0.2) is 30.4 Å². The molecule has 0 bridgehead atoms. The van der Waals surface area contributed by atoms with E-state index in [1.54, 1.807) is 10.9 Å². The lowest BCUT2D eigenvalue weighted by Crippen LogP contribution is -2.03. The third-order valence-electron chi connectivity index (χ3n) is 2.52. The summed E-state index contributed by atoms with van der Waals surface area (Å²) in [6.45, 7) is 2.46. The summed E-state index contributed by atoms with van der Waals surface area (Å²) in [5.41, 5.74) is 0. The molecule has 0 N–H and O–H groups in total. The molecule has 0 unspecified atom stereocenters. The first-order valence-corrected chi connectivity index (χ1v) is 7.06. The Morgan fingerprint density at radius 2 is 2.15 bits per heavy atom. The van der Waals surface area contributed by atoms with Crippen molar-refractivity contribution in [2.45, 2.75) is 30.8 Å². The van der Waals surface area contributed by atoms with E-state index in [0.29, 0.717) is 29.2 Å². The number of aryl methyl sites for hydroxylation is 1. The van der Waals surface area contributed by atoms with E-state index in [9.17, 15) is 0 Å². The molecule has 0 aliphatic carbocycles. The molecule has 0 aliphatic heterocycles. The lowest BCUT2D eigenvalue weighted by atomic mass is 10.4. The van der Waals surface area contributed by atoms with Crippen molar-refractivity contribution in [3.63, 3.8) is 0 Å². The fourth-order valence-corrected chi connectivity index (χ4v) is 2.28. The summed E-state index contributed by atoms with van der Waals surface area (Å²) in [6.07, 6.45) is 2.35.